The minimum atomic E-state index is -0.271. The third kappa shape index (κ3) is 3.98. The Kier molecular flexibility index (Phi) is 4.99. The fourth-order valence-corrected chi connectivity index (χ4v) is 2.41. The Hall–Kier alpha value is -3.28. The largest absolute Gasteiger partial charge is 0.493 e. The normalized spacial score (nSPS) is 11.0. The van der Waals surface area contributed by atoms with E-state index >= 15 is 0 Å². The van der Waals surface area contributed by atoms with E-state index in [9.17, 15) is 4.79 Å². The van der Waals surface area contributed by atoms with Crippen LogP contribution in [-0.4, -0.2) is 29.6 Å². The van der Waals surface area contributed by atoms with Crippen molar-refractivity contribution in [3.8, 4) is 11.5 Å². The van der Waals surface area contributed by atoms with Crippen LogP contribution in [0, 0.1) is 0 Å². The van der Waals surface area contributed by atoms with Gasteiger partial charge in [0.05, 0.1) is 24.8 Å². The number of carbonyl (C=O) groups excluding carboxylic acids is 1. The van der Waals surface area contributed by atoms with Crippen LogP contribution in [0.15, 0.2) is 48.5 Å². The number of hydrogen-bond donors (Lipinski definition) is 2. The van der Waals surface area contributed by atoms with Gasteiger partial charge in [-0.15, -0.1) is 0 Å². The quantitative estimate of drug-likeness (QED) is 0.674. The van der Waals surface area contributed by atoms with E-state index in [1.165, 1.54) is 6.08 Å². The van der Waals surface area contributed by atoms with E-state index in [0.717, 1.165) is 16.6 Å². The molecule has 2 aromatic carbocycles. The van der Waals surface area contributed by atoms with Gasteiger partial charge in [0.15, 0.2) is 11.5 Å². The number of aromatic nitrogens is 2. The summed E-state index contributed by atoms with van der Waals surface area (Å²) in [4.78, 5) is 19.4. The molecule has 128 valence electrons. The third-order valence-corrected chi connectivity index (χ3v) is 3.55. The van der Waals surface area contributed by atoms with Crippen molar-refractivity contribution >= 4 is 29.0 Å². The second kappa shape index (κ2) is 7.53. The Bertz CT molecular complexity index is 882. The number of ether oxygens (including phenoxy) is 2. The minimum absolute atomic E-state index is 0.271. The van der Waals surface area contributed by atoms with Gasteiger partial charge in [-0.25, -0.2) is 4.98 Å². The lowest BCUT2D eigenvalue weighted by Crippen LogP contribution is -2.08. The molecule has 1 heterocycles. The van der Waals surface area contributed by atoms with Crippen molar-refractivity contribution in [3.63, 3.8) is 0 Å². The highest BCUT2D eigenvalue weighted by Gasteiger charge is 2.06. The number of imidazole rings is 1. The van der Waals surface area contributed by atoms with Gasteiger partial charge < -0.3 is 14.5 Å². The molecule has 0 fully saturated rings. The molecule has 6 nitrogen and oxygen atoms in total. The summed E-state index contributed by atoms with van der Waals surface area (Å²) in [5, 5.41) is 2.72. The Morgan fingerprint density at radius 1 is 1.24 bits per heavy atom. The zero-order valence-corrected chi connectivity index (χ0v) is 14.1. The third-order valence-electron chi connectivity index (χ3n) is 3.55. The number of benzene rings is 2. The maximum absolute atomic E-state index is 12.1. The summed E-state index contributed by atoms with van der Waals surface area (Å²) in [7, 11) is 1.59. The van der Waals surface area contributed by atoms with Crippen molar-refractivity contribution in [3.05, 3.63) is 54.1 Å². The number of carbonyl (C=O) groups is 1. The van der Waals surface area contributed by atoms with E-state index in [-0.39, 0.29) is 5.91 Å². The Balaban J connectivity index is 1.70. The number of anilines is 1. The molecule has 0 saturated heterocycles. The average Bonchev–Trinajstić information content (AvgIpc) is 3.02. The van der Waals surface area contributed by atoms with Crippen molar-refractivity contribution < 1.29 is 14.3 Å². The maximum atomic E-state index is 12.1. The number of nitrogens with zero attached hydrogens (tertiary/aromatic N) is 1. The molecule has 3 rings (SSSR count). The van der Waals surface area contributed by atoms with Gasteiger partial charge >= 0.3 is 0 Å². The number of H-pyrrole nitrogens is 1. The number of para-hydroxylation sites is 2. The van der Waals surface area contributed by atoms with E-state index < -0.39 is 0 Å². The molecule has 0 atom stereocenters. The SMILES string of the molecule is CCOc1cc(/C=C/C(=O)Nc2nc3ccccc3[nH]2)ccc1OC. The predicted octanol–water partition coefficient (Wildman–Crippen LogP) is 3.62. The summed E-state index contributed by atoms with van der Waals surface area (Å²) < 4.78 is 10.8. The first-order valence-corrected chi connectivity index (χ1v) is 7.94. The minimum Gasteiger partial charge on any atom is -0.493 e. The van der Waals surface area contributed by atoms with Crippen LogP contribution in [0.1, 0.15) is 12.5 Å². The van der Waals surface area contributed by atoms with Gasteiger partial charge in [-0.2, -0.15) is 0 Å². The molecule has 1 aromatic heterocycles. The lowest BCUT2D eigenvalue weighted by atomic mass is 10.2. The molecule has 1 amide bonds. The van der Waals surface area contributed by atoms with E-state index in [1.54, 1.807) is 13.2 Å². The van der Waals surface area contributed by atoms with Crippen LogP contribution in [0.5, 0.6) is 11.5 Å². The van der Waals surface area contributed by atoms with Crippen molar-refractivity contribution in [2.24, 2.45) is 0 Å². The van der Waals surface area contributed by atoms with Crippen LogP contribution in [0.25, 0.3) is 17.1 Å². The van der Waals surface area contributed by atoms with Crippen LogP contribution < -0.4 is 14.8 Å². The highest BCUT2D eigenvalue weighted by atomic mass is 16.5. The molecule has 6 heteroatoms. The topological polar surface area (TPSA) is 76.2 Å². The lowest BCUT2D eigenvalue weighted by Gasteiger charge is -2.09. The number of hydrogen-bond acceptors (Lipinski definition) is 4. The monoisotopic (exact) mass is 337 g/mol. The summed E-state index contributed by atoms with van der Waals surface area (Å²) >= 11 is 0. The van der Waals surface area contributed by atoms with E-state index in [4.69, 9.17) is 9.47 Å². The number of methoxy groups -OCH3 is 1. The second-order valence-corrected chi connectivity index (χ2v) is 5.27. The Morgan fingerprint density at radius 2 is 2.08 bits per heavy atom. The Labute approximate surface area is 145 Å². The van der Waals surface area contributed by atoms with E-state index in [2.05, 4.69) is 15.3 Å². The number of fused-ring (bicyclic) bond motifs is 1. The molecule has 25 heavy (non-hydrogen) atoms. The number of nitrogens with one attached hydrogen (secondary N) is 2. The van der Waals surface area contributed by atoms with Crippen LogP contribution in [-0.2, 0) is 4.79 Å². The van der Waals surface area contributed by atoms with Crippen molar-refractivity contribution in [2.45, 2.75) is 6.92 Å². The van der Waals surface area contributed by atoms with Gasteiger partial charge in [0.25, 0.3) is 5.91 Å². The first-order valence-electron chi connectivity index (χ1n) is 7.94. The Morgan fingerprint density at radius 3 is 2.84 bits per heavy atom. The van der Waals surface area contributed by atoms with Gasteiger partial charge in [-0.05, 0) is 42.8 Å². The van der Waals surface area contributed by atoms with Gasteiger partial charge in [0.2, 0.25) is 5.95 Å². The molecule has 3 aromatic rings. The van der Waals surface area contributed by atoms with Crippen LogP contribution in [0.2, 0.25) is 0 Å². The van der Waals surface area contributed by atoms with Gasteiger partial charge in [-0.1, -0.05) is 18.2 Å². The first kappa shape index (κ1) is 16.6. The van der Waals surface area contributed by atoms with Gasteiger partial charge in [0.1, 0.15) is 0 Å². The zero-order chi connectivity index (χ0) is 17.6. The van der Waals surface area contributed by atoms with Crippen LogP contribution in [0.3, 0.4) is 0 Å². The molecule has 2 N–H and O–H groups in total. The van der Waals surface area contributed by atoms with Crippen LogP contribution >= 0.6 is 0 Å². The molecule has 0 aliphatic rings. The van der Waals surface area contributed by atoms with Gasteiger partial charge in [0, 0.05) is 6.08 Å². The molecule has 0 saturated carbocycles. The summed E-state index contributed by atoms with van der Waals surface area (Å²) in [6, 6.07) is 13.1. The van der Waals surface area contributed by atoms with Gasteiger partial charge in [-0.3, -0.25) is 10.1 Å². The standard InChI is InChI=1S/C19H19N3O3/c1-3-25-17-12-13(8-10-16(17)24-2)9-11-18(23)22-19-20-14-6-4-5-7-15(14)21-19/h4-12H,3H2,1-2H3,(H2,20,21,22,23)/b11-9+. The van der Waals surface area contributed by atoms with Crippen molar-refractivity contribution in [2.75, 3.05) is 19.0 Å². The summed E-state index contributed by atoms with van der Waals surface area (Å²) in [5.41, 5.74) is 2.51. The molecular weight excluding hydrogens is 318 g/mol. The predicted molar refractivity (Wildman–Crippen MR) is 97.9 cm³/mol. The fourth-order valence-electron chi connectivity index (χ4n) is 2.41. The molecule has 0 aliphatic heterocycles. The molecule has 0 spiro atoms. The first-order chi connectivity index (χ1) is 12.2. The number of aromatic amines is 1. The number of rotatable bonds is 6. The molecule has 0 bridgehead atoms. The second-order valence-electron chi connectivity index (χ2n) is 5.27. The van der Waals surface area contributed by atoms with E-state index in [0.29, 0.717) is 24.1 Å². The van der Waals surface area contributed by atoms with Crippen molar-refractivity contribution in [1.82, 2.24) is 9.97 Å². The highest BCUT2D eigenvalue weighted by molar-refractivity contribution is 6.01. The summed E-state index contributed by atoms with van der Waals surface area (Å²) in [6.07, 6.45) is 3.16. The summed E-state index contributed by atoms with van der Waals surface area (Å²) in [6.45, 7) is 2.44. The average molecular weight is 337 g/mol. The zero-order valence-electron chi connectivity index (χ0n) is 14.1. The molecule has 0 aliphatic carbocycles. The van der Waals surface area contributed by atoms with Crippen molar-refractivity contribution in [1.29, 1.82) is 0 Å². The number of amides is 1. The lowest BCUT2D eigenvalue weighted by molar-refractivity contribution is -0.111. The summed E-state index contributed by atoms with van der Waals surface area (Å²) in [5.74, 6) is 1.45. The molecule has 0 unspecified atom stereocenters. The maximum Gasteiger partial charge on any atom is 0.250 e. The van der Waals surface area contributed by atoms with E-state index in [1.807, 2.05) is 49.4 Å². The molecular formula is C19H19N3O3. The molecule has 0 radical (unpaired) electrons. The fraction of sp³-hybridized carbons (Fsp3) is 0.158. The van der Waals surface area contributed by atoms with Crippen LogP contribution in [0.4, 0.5) is 5.95 Å². The highest BCUT2D eigenvalue weighted by Crippen LogP contribution is 2.28. The smallest absolute Gasteiger partial charge is 0.250 e.